The maximum Gasteiger partial charge on any atom is 0.103 e. The average molecular weight is 333 g/mol. The van der Waals surface area contributed by atoms with Gasteiger partial charge in [0.05, 0.1) is 0 Å². The van der Waals surface area contributed by atoms with Gasteiger partial charge in [-0.2, -0.15) is 0 Å². The van der Waals surface area contributed by atoms with Crippen molar-refractivity contribution in [1.29, 1.82) is 0 Å². The maximum atomic E-state index is 14.8. The molecule has 128 valence electrons. The molecule has 3 heteroatoms. The minimum absolute atomic E-state index is 0.133. The minimum Gasteiger partial charge on any atom is -0.247 e. The molecule has 6 unspecified atom stereocenters. The lowest BCUT2D eigenvalue weighted by Gasteiger charge is -2.43. The zero-order chi connectivity index (χ0) is 15.7. The molecule has 22 heavy (non-hydrogen) atoms. The topological polar surface area (TPSA) is 0 Å². The monoisotopic (exact) mass is 332 g/mol. The number of hydrogen-bond acceptors (Lipinski definition) is 0. The summed E-state index contributed by atoms with van der Waals surface area (Å²) in [7, 11) is 0. The predicted molar refractivity (Wildman–Crippen MR) is 88.7 cm³/mol. The molecular formula is C19H31ClF2. The average Bonchev–Trinajstić information content (AvgIpc) is 2.48. The molecule has 0 radical (unpaired) electrons. The molecule has 0 nitrogen and oxygen atoms in total. The van der Waals surface area contributed by atoms with Crippen LogP contribution in [-0.4, -0.2) is 17.7 Å². The van der Waals surface area contributed by atoms with Crippen molar-refractivity contribution in [3.63, 3.8) is 0 Å². The molecule has 0 aromatic rings. The van der Waals surface area contributed by atoms with Crippen LogP contribution in [0.5, 0.6) is 0 Å². The first-order chi connectivity index (χ1) is 10.5. The summed E-state index contributed by atoms with van der Waals surface area (Å²) in [5.41, 5.74) is 0. The zero-order valence-electron chi connectivity index (χ0n) is 13.8. The maximum absolute atomic E-state index is 14.8. The Morgan fingerprint density at radius 2 is 1.23 bits per heavy atom. The van der Waals surface area contributed by atoms with Crippen molar-refractivity contribution < 1.29 is 8.78 Å². The first kappa shape index (κ1) is 17.0. The van der Waals surface area contributed by atoms with Crippen LogP contribution in [-0.2, 0) is 0 Å². The Morgan fingerprint density at radius 3 is 1.86 bits per heavy atom. The van der Waals surface area contributed by atoms with Gasteiger partial charge in [-0.15, -0.1) is 11.6 Å². The van der Waals surface area contributed by atoms with E-state index in [1.807, 2.05) is 0 Å². The van der Waals surface area contributed by atoms with Gasteiger partial charge in [-0.05, 0) is 87.4 Å². The van der Waals surface area contributed by atoms with E-state index < -0.39 is 12.3 Å². The van der Waals surface area contributed by atoms with E-state index in [2.05, 4.69) is 6.92 Å². The highest BCUT2D eigenvalue weighted by Gasteiger charge is 2.42. The largest absolute Gasteiger partial charge is 0.247 e. The first-order valence-corrected chi connectivity index (χ1v) is 9.90. The van der Waals surface area contributed by atoms with Crippen molar-refractivity contribution in [2.75, 3.05) is 0 Å². The fourth-order valence-corrected chi connectivity index (χ4v) is 5.71. The van der Waals surface area contributed by atoms with E-state index >= 15 is 0 Å². The second kappa shape index (κ2) is 7.36. The lowest BCUT2D eigenvalue weighted by atomic mass is 9.64. The highest BCUT2D eigenvalue weighted by molar-refractivity contribution is 6.20. The third-order valence-electron chi connectivity index (χ3n) is 6.86. The van der Waals surface area contributed by atoms with Crippen molar-refractivity contribution in [2.24, 2.45) is 29.6 Å². The highest BCUT2D eigenvalue weighted by atomic mass is 35.5. The van der Waals surface area contributed by atoms with Gasteiger partial charge in [0.25, 0.3) is 0 Å². The molecular weight excluding hydrogens is 302 g/mol. The van der Waals surface area contributed by atoms with E-state index in [-0.39, 0.29) is 17.8 Å². The molecule has 3 saturated carbocycles. The van der Waals surface area contributed by atoms with Gasteiger partial charge in [0.15, 0.2) is 0 Å². The van der Waals surface area contributed by atoms with Crippen LogP contribution in [0.1, 0.15) is 71.1 Å². The second-order valence-electron chi connectivity index (χ2n) is 8.36. The van der Waals surface area contributed by atoms with E-state index in [4.69, 9.17) is 11.6 Å². The van der Waals surface area contributed by atoms with Gasteiger partial charge in [-0.1, -0.05) is 13.3 Å². The van der Waals surface area contributed by atoms with Crippen LogP contribution in [0.25, 0.3) is 0 Å². The molecule has 0 spiro atoms. The Bertz CT molecular complexity index is 353. The van der Waals surface area contributed by atoms with Crippen molar-refractivity contribution in [3.05, 3.63) is 0 Å². The van der Waals surface area contributed by atoms with Gasteiger partial charge >= 0.3 is 0 Å². The van der Waals surface area contributed by atoms with Crippen LogP contribution in [0, 0.1) is 29.6 Å². The van der Waals surface area contributed by atoms with Gasteiger partial charge in [-0.25, -0.2) is 8.78 Å². The van der Waals surface area contributed by atoms with Crippen molar-refractivity contribution in [1.82, 2.24) is 0 Å². The Kier molecular flexibility index (Phi) is 5.69. The van der Waals surface area contributed by atoms with Crippen molar-refractivity contribution >= 4 is 11.6 Å². The molecule has 0 saturated heterocycles. The molecule has 0 N–H and O–H groups in total. The van der Waals surface area contributed by atoms with Crippen LogP contribution < -0.4 is 0 Å². The summed E-state index contributed by atoms with van der Waals surface area (Å²) in [6, 6.07) is 0. The molecule has 3 rings (SSSR count). The smallest absolute Gasteiger partial charge is 0.103 e. The number of rotatable bonds is 2. The summed E-state index contributed by atoms with van der Waals surface area (Å²) < 4.78 is 29.2. The molecule has 6 atom stereocenters. The van der Waals surface area contributed by atoms with E-state index in [9.17, 15) is 8.78 Å². The number of halogens is 3. The van der Waals surface area contributed by atoms with E-state index in [0.29, 0.717) is 30.1 Å². The van der Waals surface area contributed by atoms with Gasteiger partial charge in [0.2, 0.25) is 0 Å². The molecule has 3 fully saturated rings. The fourth-order valence-electron chi connectivity index (χ4n) is 5.46. The number of alkyl halides is 3. The SMILES string of the molecule is CC1CCC(C2CCC(C3CCC(Cl)CC3)C(F)C2)C(F)C1. The van der Waals surface area contributed by atoms with Crippen LogP contribution in [0.2, 0.25) is 0 Å². The lowest BCUT2D eigenvalue weighted by molar-refractivity contribution is 0.0112. The molecule has 0 bridgehead atoms. The predicted octanol–water partition coefficient (Wildman–Crippen LogP) is 6.31. The van der Waals surface area contributed by atoms with Gasteiger partial charge in [0.1, 0.15) is 12.3 Å². The van der Waals surface area contributed by atoms with Crippen molar-refractivity contribution in [2.45, 2.75) is 88.9 Å². The van der Waals surface area contributed by atoms with Gasteiger partial charge < -0.3 is 0 Å². The highest BCUT2D eigenvalue weighted by Crippen LogP contribution is 2.47. The van der Waals surface area contributed by atoms with Crippen LogP contribution in [0.4, 0.5) is 8.78 Å². The summed E-state index contributed by atoms with van der Waals surface area (Å²) in [5.74, 6) is 1.68. The molecule has 3 aliphatic rings. The fraction of sp³-hybridized carbons (Fsp3) is 1.00. The van der Waals surface area contributed by atoms with Crippen LogP contribution in [0.15, 0.2) is 0 Å². The normalized spacial score (nSPS) is 50.7. The Hall–Kier alpha value is 0.150. The number of hydrogen-bond donors (Lipinski definition) is 0. The first-order valence-electron chi connectivity index (χ1n) is 9.46. The Balaban J connectivity index is 1.53. The zero-order valence-corrected chi connectivity index (χ0v) is 14.6. The third kappa shape index (κ3) is 3.79. The molecule has 3 aliphatic carbocycles. The Morgan fingerprint density at radius 1 is 0.682 bits per heavy atom. The molecule has 0 aromatic carbocycles. The molecule has 0 aromatic heterocycles. The second-order valence-corrected chi connectivity index (χ2v) is 8.98. The molecule has 0 aliphatic heterocycles. The van der Waals surface area contributed by atoms with Gasteiger partial charge in [0, 0.05) is 5.38 Å². The third-order valence-corrected chi connectivity index (χ3v) is 7.30. The van der Waals surface area contributed by atoms with Crippen LogP contribution in [0.3, 0.4) is 0 Å². The quantitative estimate of drug-likeness (QED) is 0.519. The lowest BCUT2D eigenvalue weighted by Crippen LogP contribution is -2.39. The van der Waals surface area contributed by atoms with E-state index in [1.54, 1.807) is 0 Å². The summed E-state index contributed by atoms with van der Waals surface area (Å²) in [4.78, 5) is 0. The Labute approximate surface area is 139 Å². The van der Waals surface area contributed by atoms with Gasteiger partial charge in [-0.3, -0.25) is 0 Å². The molecule has 0 amide bonds. The standard InChI is InChI=1S/C19H31ClF2/c1-12-2-8-17(18(21)10-12)14-5-9-16(19(22)11-14)13-3-6-15(20)7-4-13/h12-19H,2-11H2,1H3. The summed E-state index contributed by atoms with van der Waals surface area (Å²) >= 11 is 6.17. The summed E-state index contributed by atoms with van der Waals surface area (Å²) in [6.07, 6.45) is 8.32. The van der Waals surface area contributed by atoms with E-state index in [1.165, 1.54) is 0 Å². The summed E-state index contributed by atoms with van der Waals surface area (Å²) in [6.45, 7) is 2.14. The minimum atomic E-state index is -0.706. The van der Waals surface area contributed by atoms with E-state index in [0.717, 1.165) is 51.4 Å². The van der Waals surface area contributed by atoms with Crippen LogP contribution >= 0.6 is 11.6 Å². The molecule has 0 heterocycles. The van der Waals surface area contributed by atoms with Crippen molar-refractivity contribution in [3.8, 4) is 0 Å². The summed E-state index contributed by atoms with van der Waals surface area (Å²) in [5, 5.41) is 0.308.